The van der Waals surface area contributed by atoms with Crippen molar-refractivity contribution in [2.75, 3.05) is 11.9 Å². The van der Waals surface area contributed by atoms with Crippen LogP contribution in [0.5, 0.6) is 0 Å². The standard InChI is InChI=1S/C12H14N5O6P/c18-8-9-6(3-21-24(19,20)23-9)22-12(8)17-5-14-7-10-13-1-2-16(10)4-15-11(7)17/h1-2,5-6,8-9,12,15,18H,3-4H2,(H,19,20)/t6-,8-,9-,12-/m1/s1. The van der Waals surface area contributed by atoms with Gasteiger partial charge >= 0.3 is 7.82 Å². The molecular formula is C12H14N5O6P. The van der Waals surface area contributed by atoms with Crippen molar-refractivity contribution in [2.24, 2.45) is 0 Å². The van der Waals surface area contributed by atoms with Crippen molar-refractivity contribution >= 4 is 13.6 Å². The van der Waals surface area contributed by atoms with Crippen molar-refractivity contribution in [3.8, 4) is 11.5 Å². The van der Waals surface area contributed by atoms with Crippen molar-refractivity contribution < 1.29 is 28.3 Å². The van der Waals surface area contributed by atoms with Crippen LogP contribution in [0, 0.1) is 0 Å². The van der Waals surface area contributed by atoms with E-state index in [1.807, 2.05) is 10.8 Å². The monoisotopic (exact) mass is 355 g/mol. The van der Waals surface area contributed by atoms with E-state index >= 15 is 0 Å². The van der Waals surface area contributed by atoms with Crippen LogP contribution in [-0.4, -0.2) is 54.0 Å². The molecule has 0 aliphatic carbocycles. The maximum Gasteiger partial charge on any atom is 0.472 e. The van der Waals surface area contributed by atoms with Gasteiger partial charge in [0.05, 0.1) is 19.6 Å². The maximum atomic E-state index is 11.6. The van der Waals surface area contributed by atoms with E-state index in [4.69, 9.17) is 13.8 Å². The minimum atomic E-state index is -4.15. The first kappa shape index (κ1) is 14.6. The minimum absolute atomic E-state index is 0.124. The van der Waals surface area contributed by atoms with Gasteiger partial charge in [0.1, 0.15) is 29.8 Å². The largest absolute Gasteiger partial charge is 0.472 e. The molecule has 5 heterocycles. The molecule has 128 valence electrons. The highest BCUT2D eigenvalue weighted by Crippen LogP contribution is 2.52. The topological polar surface area (TPSA) is 133 Å². The van der Waals surface area contributed by atoms with Crippen LogP contribution in [0.25, 0.3) is 11.5 Å². The molecule has 5 rings (SSSR count). The number of nitrogens with one attached hydrogen (secondary N) is 1. The van der Waals surface area contributed by atoms with E-state index in [-0.39, 0.29) is 6.61 Å². The third-order valence-electron chi connectivity index (χ3n) is 4.38. The average Bonchev–Trinajstić information content (AvgIpc) is 3.23. The Morgan fingerprint density at radius 2 is 2.29 bits per heavy atom. The molecule has 0 amide bonds. The molecule has 12 heteroatoms. The van der Waals surface area contributed by atoms with Crippen LogP contribution in [0.4, 0.5) is 5.82 Å². The highest BCUT2D eigenvalue weighted by atomic mass is 31.2. The lowest BCUT2D eigenvalue weighted by Gasteiger charge is -2.28. The molecule has 0 bridgehead atoms. The molecule has 2 saturated heterocycles. The van der Waals surface area contributed by atoms with Crippen molar-refractivity contribution in [3.05, 3.63) is 18.7 Å². The number of hydrogen-bond donors (Lipinski definition) is 3. The van der Waals surface area contributed by atoms with Crippen LogP contribution in [0.15, 0.2) is 18.7 Å². The number of phosphoric acid groups is 1. The lowest BCUT2D eigenvalue weighted by molar-refractivity contribution is -0.0668. The summed E-state index contributed by atoms with van der Waals surface area (Å²) >= 11 is 0. The quantitative estimate of drug-likeness (QED) is 0.600. The predicted molar refractivity (Wildman–Crippen MR) is 77.6 cm³/mol. The van der Waals surface area contributed by atoms with Gasteiger partial charge in [-0.3, -0.25) is 13.6 Å². The Balaban J connectivity index is 1.50. The molecule has 0 radical (unpaired) electrons. The number of fused-ring (bicyclic) bond motifs is 4. The number of imidazole rings is 2. The summed E-state index contributed by atoms with van der Waals surface area (Å²) in [6, 6.07) is 0. The average molecular weight is 355 g/mol. The zero-order valence-corrected chi connectivity index (χ0v) is 13.1. The first-order valence-corrected chi connectivity index (χ1v) is 8.84. The number of ether oxygens (including phenoxy) is 1. The van der Waals surface area contributed by atoms with Crippen LogP contribution in [-0.2, 0) is 25.0 Å². The SMILES string of the molecule is O=P1(O)OC[C@H]2O[C@@H](n3cnc4c3NCn3ccnc3-4)[C@H](O)[C@@H]2O1. The van der Waals surface area contributed by atoms with Crippen molar-refractivity contribution in [1.29, 1.82) is 0 Å². The molecule has 0 saturated carbocycles. The van der Waals surface area contributed by atoms with Gasteiger partial charge in [-0.15, -0.1) is 0 Å². The zero-order valence-electron chi connectivity index (χ0n) is 12.2. The Bertz CT molecular complexity index is 851. The second-order valence-electron chi connectivity index (χ2n) is 5.79. The fourth-order valence-electron chi connectivity index (χ4n) is 3.27. The van der Waals surface area contributed by atoms with Gasteiger partial charge in [-0.2, -0.15) is 0 Å². The van der Waals surface area contributed by atoms with Gasteiger partial charge in [0, 0.05) is 12.4 Å². The molecule has 3 aliphatic heterocycles. The zero-order chi connectivity index (χ0) is 16.5. The van der Waals surface area contributed by atoms with E-state index in [0.717, 1.165) is 0 Å². The lowest BCUT2D eigenvalue weighted by Crippen LogP contribution is -2.39. The molecule has 2 aromatic heterocycles. The Kier molecular flexibility index (Phi) is 2.97. The number of nitrogens with zero attached hydrogens (tertiary/aromatic N) is 4. The summed E-state index contributed by atoms with van der Waals surface area (Å²) in [5, 5.41) is 13.7. The van der Waals surface area contributed by atoms with E-state index in [1.165, 1.54) is 6.33 Å². The number of anilines is 1. The first-order chi connectivity index (χ1) is 11.5. The van der Waals surface area contributed by atoms with E-state index in [1.54, 1.807) is 10.8 Å². The molecule has 11 nitrogen and oxygen atoms in total. The Morgan fingerprint density at radius 3 is 3.17 bits per heavy atom. The second kappa shape index (κ2) is 4.88. The van der Waals surface area contributed by atoms with Crippen LogP contribution in [0.2, 0.25) is 0 Å². The van der Waals surface area contributed by atoms with E-state index in [9.17, 15) is 14.6 Å². The molecule has 2 fully saturated rings. The molecule has 1 unspecified atom stereocenters. The van der Waals surface area contributed by atoms with Gasteiger partial charge in [0.25, 0.3) is 0 Å². The smallest absolute Gasteiger partial charge is 0.386 e. The van der Waals surface area contributed by atoms with Gasteiger partial charge in [-0.1, -0.05) is 0 Å². The molecule has 2 aromatic rings. The number of aliphatic hydroxyl groups excluding tert-OH is 1. The molecule has 0 spiro atoms. The van der Waals surface area contributed by atoms with Crippen molar-refractivity contribution in [1.82, 2.24) is 19.1 Å². The third-order valence-corrected chi connectivity index (χ3v) is 5.36. The summed E-state index contributed by atoms with van der Waals surface area (Å²) in [6.45, 7) is 0.385. The summed E-state index contributed by atoms with van der Waals surface area (Å²) in [5.74, 6) is 1.37. The van der Waals surface area contributed by atoms with E-state index in [0.29, 0.717) is 24.0 Å². The Morgan fingerprint density at radius 1 is 1.42 bits per heavy atom. The van der Waals surface area contributed by atoms with E-state index in [2.05, 4.69) is 15.3 Å². The maximum absolute atomic E-state index is 11.6. The number of rotatable bonds is 1. The minimum Gasteiger partial charge on any atom is -0.386 e. The van der Waals surface area contributed by atoms with E-state index < -0.39 is 32.4 Å². The molecule has 0 aromatic carbocycles. The normalized spacial score (nSPS) is 37.4. The van der Waals surface area contributed by atoms with Crippen molar-refractivity contribution in [3.63, 3.8) is 0 Å². The summed E-state index contributed by atoms with van der Waals surface area (Å²) < 4.78 is 30.6. The fraction of sp³-hybridized carbons (Fsp3) is 0.500. The summed E-state index contributed by atoms with van der Waals surface area (Å²) in [7, 11) is -4.15. The second-order valence-corrected chi connectivity index (χ2v) is 7.20. The van der Waals surface area contributed by atoms with Crippen molar-refractivity contribution in [2.45, 2.75) is 31.2 Å². The van der Waals surface area contributed by atoms with Gasteiger partial charge in [0.2, 0.25) is 0 Å². The Labute approximate surface area is 135 Å². The molecule has 5 atom stereocenters. The Hall–Kier alpha value is -1.75. The van der Waals surface area contributed by atoms with Gasteiger partial charge in [0.15, 0.2) is 12.1 Å². The van der Waals surface area contributed by atoms with Crippen LogP contribution in [0.3, 0.4) is 0 Å². The van der Waals surface area contributed by atoms with Gasteiger partial charge < -0.3 is 24.6 Å². The number of hydrogen-bond acceptors (Lipinski definition) is 8. The summed E-state index contributed by atoms with van der Waals surface area (Å²) in [4.78, 5) is 18.1. The molecule has 24 heavy (non-hydrogen) atoms. The number of phosphoric ester groups is 1. The van der Waals surface area contributed by atoms with Gasteiger partial charge in [-0.25, -0.2) is 14.5 Å². The van der Waals surface area contributed by atoms with Gasteiger partial charge in [-0.05, 0) is 0 Å². The van der Waals surface area contributed by atoms with Crippen LogP contribution < -0.4 is 5.32 Å². The number of aromatic nitrogens is 4. The predicted octanol–water partition coefficient (Wildman–Crippen LogP) is -0.0963. The summed E-state index contributed by atoms with van der Waals surface area (Å²) in [5.41, 5.74) is 0.641. The highest BCUT2D eigenvalue weighted by Gasteiger charge is 2.53. The number of aliphatic hydroxyl groups is 1. The lowest BCUT2D eigenvalue weighted by atomic mass is 10.1. The molecule has 3 aliphatic rings. The highest BCUT2D eigenvalue weighted by molar-refractivity contribution is 7.47. The molecule has 3 N–H and O–H groups in total. The summed E-state index contributed by atoms with van der Waals surface area (Å²) in [6.07, 6.45) is 1.53. The third kappa shape index (κ3) is 2.00. The fourth-order valence-corrected chi connectivity index (χ4v) is 4.24. The van der Waals surface area contributed by atoms with Crippen LogP contribution in [0.1, 0.15) is 6.23 Å². The van der Waals surface area contributed by atoms with Crippen LogP contribution >= 0.6 is 7.82 Å². The molecular weight excluding hydrogens is 341 g/mol. The first-order valence-electron chi connectivity index (χ1n) is 7.35.